The van der Waals surface area contributed by atoms with Gasteiger partial charge in [-0.2, -0.15) is 0 Å². The van der Waals surface area contributed by atoms with E-state index in [2.05, 4.69) is 15.2 Å². The van der Waals surface area contributed by atoms with Crippen molar-refractivity contribution in [2.45, 2.75) is 19.4 Å². The number of nitrogens with one attached hydrogen (secondary N) is 1. The molecule has 2 aromatic rings. The number of nitrogens with zero attached hydrogens (tertiary/aromatic N) is 2. The zero-order valence-corrected chi connectivity index (χ0v) is 14.7. The van der Waals surface area contributed by atoms with E-state index in [-0.39, 0.29) is 17.5 Å². The van der Waals surface area contributed by atoms with Crippen LogP contribution in [-0.2, 0) is 11.3 Å². The lowest BCUT2D eigenvalue weighted by Crippen LogP contribution is -2.43. The number of ether oxygens (including phenoxy) is 1. The Hall–Kier alpha value is -2.47. The van der Waals surface area contributed by atoms with Crippen molar-refractivity contribution >= 4 is 5.91 Å². The van der Waals surface area contributed by atoms with E-state index in [4.69, 9.17) is 4.74 Å². The second-order valence-electron chi connectivity index (χ2n) is 6.58. The van der Waals surface area contributed by atoms with Crippen molar-refractivity contribution in [3.05, 3.63) is 60.2 Å². The minimum absolute atomic E-state index is 0.00803. The molecule has 0 radical (unpaired) electrons. The van der Waals surface area contributed by atoms with E-state index < -0.39 is 0 Å². The van der Waals surface area contributed by atoms with E-state index in [0.29, 0.717) is 25.6 Å². The molecule has 1 N–H and O–H groups in total. The van der Waals surface area contributed by atoms with E-state index in [9.17, 15) is 9.18 Å². The van der Waals surface area contributed by atoms with Crippen LogP contribution in [0.25, 0.3) is 0 Å². The summed E-state index contributed by atoms with van der Waals surface area (Å²) in [6.45, 7) is 2.95. The zero-order chi connectivity index (χ0) is 18.2. The minimum atomic E-state index is -0.339. The third-order valence-corrected chi connectivity index (χ3v) is 4.47. The van der Waals surface area contributed by atoms with Gasteiger partial charge in [0.2, 0.25) is 5.91 Å². The maximum Gasteiger partial charge on any atom is 0.234 e. The number of hydrogen-bond acceptors (Lipinski definition) is 4. The number of piperidine rings is 1. The summed E-state index contributed by atoms with van der Waals surface area (Å²) in [4.78, 5) is 18.5. The van der Waals surface area contributed by atoms with Crippen molar-refractivity contribution in [3.8, 4) is 5.75 Å². The van der Waals surface area contributed by atoms with Crippen LogP contribution in [0.2, 0.25) is 0 Å². The summed E-state index contributed by atoms with van der Waals surface area (Å²) in [5.41, 5.74) is 0.843. The Morgan fingerprint density at radius 3 is 2.92 bits per heavy atom. The minimum Gasteiger partial charge on any atom is -0.490 e. The molecule has 1 amide bonds. The Morgan fingerprint density at radius 2 is 2.12 bits per heavy atom. The van der Waals surface area contributed by atoms with Crippen LogP contribution >= 0.6 is 0 Å². The van der Waals surface area contributed by atoms with Gasteiger partial charge in [-0.3, -0.25) is 14.7 Å². The van der Waals surface area contributed by atoms with E-state index in [0.717, 1.165) is 31.6 Å². The number of carbonyl (C=O) groups excluding carboxylic acids is 1. The molecular formula is C20H24FN3O2. The molecule has 2 heterocycles. The maximum absolute atomic E-state index is 13.6. The Bertz CT molecular complexity index is 711. The van der Waals surface area contributed by atoms with Gasteiger partial charge in [-0.25, -0.2) is 4.39 Å². The van der Waals surface area contributed by atoms with Crippen molar-refractivity contribution in [3.63, 3.8) is 0 Å². The molecule has 1 aromatic heterocycles. The summed E-state index contributed by atoms with van der Waals surface area (Å²) in [6, 6.07) is 12.1. The van der Waals surface area contributed by atoms with Crippen LogP contribution in [0.4, 0.5) is 4.39 Å². The summed E-state index contributed by atoms with van der Waals surface area (Å²) in [7, 11) is 0. The van der Waals surface area contributed by atoms with Crippen LogP contribution in [-0.4, -0.2) is 42.0 Å². The largest absolute Gasteiger partial charge is 0.490 e. The van der Waals surface area contributed by atoms with Gasteiger partial charge >= 0.3 is 0 Å². The fraction of sp³-hybridized carbons (Fsp3) is 0.400. The van der Waals surface area contributed by atoms with E-state index in [1.54, 1.807) is 24.4 Å². The number of likely N-dealkylation sites (tertiary alicyclic amines) is 1. The third-order valence-electron chi connectivity index (χ3n) is 4.47. The number of aromatic nitrogens is 1. The van der Waals surface area contributed by atoms with Crippen LogP contribution in [0.3, 0.4) is 0 Å². The molecule has 5 nitrogen and oxygen atoms in total. The molecule has 1 aromatic carbocycles. The standard InChI is InChI=1S/C20H24FN3O2/c21-18-8-1-2-9-19(18)26-15-16-6-5-11-24(13-16)14-20(25)23-12-17-7-3-4-10-22-17/h1-4,7-10,16H,5-6,11-15H2,(H,23,25)/t16-/m1/s1. The Balaban J connectivity index is 1.41. The maximum atomic E-state index is 13.6. The molecule has 0 saturated carbocycles. The van der Waals surface area contributed by atoms with Gasteiger partial charge in [0.25, 0.3) is 0 Å². The number of hydrogen-bond donors (Lipinski definition) is 1. The normalized spacial score (nSPS) is 17.7. The molecular weight excluding hydrogens is 333 g/mol. The predicted molar refractivity (Wildman–Crippen MR) is 97.1 cm³/mol. The molecule has 0 bridgehead atoms. The molecule has 0 unspecified atom stereocenters. The lowest BCUT2D eigenvalue weighted by molar-refractivity contribution is -0.122. The van der Waals surface area contributed by atoms with Gasteiger partial charge in [-0.1, -0.05) is 18.2 Å². The lowest BCUT2D eigenvalue weighted by Gasteiger charge is -2.32. The van der Waals surface area contributed by atoms with Gasteiger partial charge in [0.1, 0.15) is 0 Å². The summed E-state index contributed by atoms with van der Waals surface area (Å²) < 4.78 is 19.2. The van der Waals surface area contributed by atoms with Crippen molar-refractivity contribution in [1.29, 1.82) is 0 Å². The highest BCUT2D eigenvalue weighted by Gasteiger charge is 2.22. The molecule has 0 aliphatic carbocycles. The molecule has 1 atom stereocenters. The molecule has 6 heteroatoms. The number of carbonyl (C=O) groups is 1. The molecule has 1 aliphatic heterocycles. The van der Waals surface area contributed by atoms with Crippen molar-refractivity contribution < 1.29 is 13.9 Å². The number of para-hydroxylation sites is 1. The van der Waals surface area contributed by atoms with Crippen LogP contribution < -0.4 is 10.1 Å². The molecule has 26 heavy (non-hydrogen) atoms. The topological polar surface area (TPSA) is 54.5 Å². The van der Waals surface area contributed by atoms with Gasteiger partial charge in [0.05, 0.1) is 25.4 Å². The summed E-state index contributed by atoms with van der Waals surface area (Å²) in [6.07, 6.45) is 3.76. The molecule has 1 aliphatic rings. The summed E-state index contributed by atoms with van der Waals surface area (Å²) >= 11 is 0. The first-order valence-electron chi connectivity index (χ1n) is 8.97. The van der Waals surface area contributed by atoms with Gasteiger partial charge in [-0.05, 0) is 43.7 Å². The highest BCUT2D eigenvalue weighted by Crippen LogP contribution is 2.20. The Labute approximate surface area is 153 Å². The Kier molecular flexibility index (Phi) is 6.55. The third kappa shape index (κ3) is 5.52. The van der Waals surface area contributed by atoms with E-state index in [1.165, 1.54) is 6.07 Å². The number of amides is 1. The van der Waals surface area contributed by atoms with Crippen molar-refractivity contribution in [2.24, 2.45) is 5.92 Å². The monoisotopic (exact) mass is 357 g/mol. The smallest absolute Gasteiger partial charge is 0.234 e. The lowest BCUT2D eigenvalue weighted by atomic mass is 9.99. The predicted octanol–water partition coefficient (Wildman–Crippen LogP) is 2.63. The first kappa shape index (κ1) is 18.3. The van der Waals surface area contributed by atoms with Gasteiger partial charge < -0.3 is 10.1 Å². The summed E-state index contributed by atoms with van der Waals surface area (Å²) in [5.74, 6) is 0.241. The number of rotatable bonds is 7. The van der Waals surface area contributed by atoms with Gasteiger partial charge in [-0.15, -0.1) is 0 Å². The molecule has 1 saturated heterocycles. The number of halogens is 1. The number of pyridine rings is 1. The zero-order valence-electron chi connectivity index (χ0n) is 14.7. The molecule has 0 spiro atoms. The van der Waals surface area contributed by atoms with Crippen molar-refractivity contribution in [1.82, 2.24) is 15.2 Å². The van der Waals surface area contributed by atoms with Crippen LogP contribution in [0.1, 0.15) is 18.5 Å². The van der Waals surface area contributed by atoms with Crippen LogP contribution in [0, 0.1) is 11.7 Å². The average Bonchev–Trinajstić information content (AvgIpc) is 2.67. The van der Waals surface area contributed by atoms with E-state index in [1.807, 2.05) is 18.2 Å². The fourth-order valence-electron chi connectivity index (χ4n) is 3.15. The molecule has 1 fully saturated rings. The highest BCUT2D eigenvalue weighted by molar-refractivity contribution is 5.77. The Morgan fingerprint density at radius 1 is 1.27 bits per heavy atom. The van der Waals surface area contributed by atoms with Crippen LogP contribution in [0.15, 0.2) is 48.7 Å². The average molecular weight is 357 g/mol. The van der Waals surface area contributed by atoms with E-state index >= 15 is 0 Å². The summed E-state index contributed by atoms with van der Waals surface area (Å²) in [5, 5.41) is 2.90. The quantitative estimate of drug-likeness (QED) is 0.828. The SMILES string of the molecule is O=C(CN1CCC[C@@H](COc2ccccc2F)C1)NCc1ccccn1. The molecule has 3 rings (SSSR count). The van der Waals surface area contributed by atoms with Gasteiger partial charge in [0, 0.05) is 18.7 Å². The molecule has 138 valence electrons. The van der Waals surface area contributed by atoms with Crippen molar-refractivity contribution in [2.75, 3.05) is 26.2 Å². The number of benzene rings is 1. The second-order valence-corrected chi connectivity index (χ2v) is 6.58. The second kappa shape index (κ2) is 9.29. The first-order valence-corrected chi connectivity index (χ1v) is 8.97. The van der Waals surface area contributed by atoms with Crippen LogP contribution in [0.5, 0.6) is 5.75 Å². The first-order chi connectivity index (χ1) is 12.7. The fourth-order valence-corrected chi connectivity index (χ4v) is 3.15. The van der Waals surface area contributed by atoms with Gasteiger partial charge in [0.15, 0.2) is 11.6 Å². The highest BCUT2D eigenvalue weighted by atomic mass is 19.1.